The van der Waals surface area contributed by atoms with Crippen molar-refractivity contribution in [2.75, 3.05) is 5.32 Å². The minimum absolute atomic E-state index is 0.426. The van der Waals surface area contributed by atoms with E-state index in [0.29, 0.717) is 17.0 Å². The van der Waals surface area contributed by atoms with Crippen LogP contribution in [0.5, 0.6) is 0 Å². The molecule has 0 aromatic carbocycles. The van der Waals surface area contributed by atoms with Gasteiger partial charge in [-0.25, -0.2) is 9.59 Å². The second-order valence-corrected chi connectivity index (χ2v) is 5.20. The van der Waals surface area contributed by atoms with Crippen LogP contribution in [0.3, 0.4) is 0 Å². The predicted molar refractivity (Wildman–Crippen MR) is 69.1 cm³/mol. The zero-order valence-corrected chi connectivity index (χ0v) is 10.6. The first-order valence-corrected chi connectivity index (χ1v) is 6.40. The highest BCUT2D eigenvalue weighted by molar-refractivity contribution is 7.16. The molecule has 0 aliphatic heterocycles. The Morgan fingerprint density at radius 2 is 2.00 bits per heavy atom. The molecule has 2 rings (SSSR count). The van der Waals surface area contributed by atoms with Crippen LogP contribution in [0.25, 0.3) is 5.57 Å². The maximum Gasteiger partial charge on any atom is 0.394 e. The number of fused-ring (bicyclic) bond motifs is 1. The fourth-order valence-electron chi connectivity index (χ4n) is 1.99. The normalized spacial score (nSPS) is 15.9. The van der Waals surface area contributed by atoms with Gasteiger partial charge in [-0.2, -0.15) is 0 Å². The summed E-state index contributed by atoms with van der Waals surface area (Å²) in [5.41, 5.74) is 1.50. The van der Waals surface area contributed by atoms with E-state index in [4.69, 9.17) is 10.2 Å². The van der Waals surface area contributed by atoms with Crippen molar-refractivity contribution in [2.45, 2.75) is 19.3 Å². The van der Waals surface area contributed by atoms with Gasteiger partial charge in [0.1, 0.15) is 0 Å². The fourth-order valence-corrected chi connectivity index (χ4v) is 3.12. The van der Waals surface area contributed by atoms with E-state index in [9.17, 15) is 14.4 Å². The standard InChI is InChI=1S/C12H11NO5S/c14-10(15)4-6-2-1-3-8-7(6)5-9(19-8)13-11(16)12(17)18/h4-5H,1-3H2,(H,13,16)(H,14,15)(H,17,18)/b6-4-. The minimum Gasteiger partial charge on any atom is -0.478 e. The number of allylic oxidation sites excluding steroid dienone is 1. The summed E-state index contributed by atoms with van der Waals surface area (Å²) in [6.07, 6.45) is 3.48. The van der Waals surface area contributed by atoms with Crippen molar-refractivity contribution in [3.8, 4) is 0 Å². The van der Waals surface area contributed by atoms with Crippen LogP contribution in [0.2, 0.25) is 0 Å². The molecule has 7 heteroatoms. The lowest BCUT2D eigenvalue weighted by molar-refractivity contribution is -0.147. The maximum absolute atomic E-state index is 11.1. The molecule has 0 unspecified atom stereocenters. The molecule has 0 saturated heterocycles. The molecule has 19 heavy (non-hydrogen) atoms. The van der Waals surface area contributed by atoms with E-state index in [-0.39, 0.29) is 0 Å². The second-order valence-electron chi connectivity index (χ2n) is 4.07. The van der Waals surface area contributed by atoms with E-state index in [1.54, 1.807) is 6.07 Å². The molecule has 0 atom stereocenters. The van der Waals surface area contributed by atoms with Crippen LogP contribution in [-0.4, -0.2) is 28.1 Å². The monoisotopic (exact) mass is 281 g/mol. The highest BCUT2D eigenvalue weighted by atomic mass is 32.1. The van der Waals surface area contributed by atoms with Gasteiger partial charge >= 0.3 is 17.8 Å². The van der Waals surface area contributed by atoms with Gasteiger partial charge in [-0.3, -0.25) is 4.79 Å². The first-order valence-electron chi connectivity index (χ1n) is 5.58. The van der Waals surface area contributed by atoms with Gasteiger partial charge in [-0.1, -0.05) is 0 Å². The summed E-state index contributed by atoms with van der Waals surface area (Å²) < 4.78 is 0. The van der Waals surface area contributed by atoms with E-state index in [1.807, 2.05) is 0 Å². The number of aliphatic carboxylic acids is 2. The quantitative estimate of drug-likeness (QED) is 0.564. The van der Waals surface area contributed by atoms with Gasteiger partial charge < -0.3 is 15.5 Å². The average molecular weight is 281 g/mol. The Morgan fingerprint density at radius 3 is 2.63 bits per heavy atom. The summed E-state index contributed by atoms with van der Waals surface area (Å²) in [5, 5.41) is 20.0. The Balaban J connectivity index is 2.29. The van der Waals surface area contributed by atoms with E-state index in [0.717, 1.165) is 29.4 Å². The molecular formula is C12H11NO5S. The van der Waals surface area contributed by atoms with E-state index in [1.165, 1.54) is 11.3 Å². The molecule has 0 fully saturated rings. The van der Waals surface area contributed by atoms with E-state index >= 15 is 0 Å². The summed E-state index contributed by atoms with van der Waals surface area (Å²) in [5.74, 6) is -3.65. The number of thiophene rings is 1. The number of carbonyl (C=O) groups is 3. The van der Waals surface area contributed by atoms with Crippen molar-refractivity contribution in [3.63, 3.8) is 0 Å². The number of carboxylic acid groups (broad SMARTS) is 2. The number of carbonyl (C=O) groups excluding carboxylic acids is 1. The third-order valence-corrected chi connectivity index (χ3v) is 3.84. The Labute approximate surface area is 112 Å². The first kappa shape index (κ1) is 13.3. The lowest BCUT2D eigenvalue weighted by atomic mass is 9.93. The van der Waals surface area contributed by atoms with E-state index < -0.39 is 17.8 Å². The van der Waals surface area contributed by atoms with Crippen LogP contribution in [0, 0.1) is 0 Å². The molecular weight excluding hydrogens is 270 g/mol. The highest BCUT2D eigenvalue weighted by Gasteiger charge is 2.20. The largest absolute Gasteiger partial charge is 0.478 e. The highest BCUT2D eigenvalue weighted by Crippen LogP contribution is 2.38. The topological polar surface area (TPSA) is 104 Å². The molecule has 1 heterocycles. The van der Waals surface area contributed by atoms with Crippen molar-refractivity contribution in [1.82, 2.24) is 0 Å². The summed E-state index contributed by atoms with van der Waals surface area (Å²) >= 11 is 1.28. The van der Waals surface area contributed by atoms with Crippen LogP contribution in [-0.2, 0) is 20.8 Å². The third-order valence-electron chi connectivity index (χ3n) is 2.73. The van der Waals surface area contributed by atoms with Crippen molar-refractivity contribution >= 4 is 39.8 Å². The van der Waals surface area contributed by atoms with Crippen LogP contribution in [0.4, 0.5) is 5.00 Å². The maximum atomic E-state index is 11.1. The molecule has 3 N–H and O–H groups in total. The minimum atomic E-state index is -1.55. The smallest absolute Gasteiger partial charge is 0.394 e. The molecule has 0 radical (unpaired) electrons. The van der Waals surface area contributed by atoms with Crippen LogP contribution in [0.15, 0.2) is 12.1 Å². The molecule has 1 amide bonds. The van der Waals surface area contributed by atoms with Gasteiger partial charge in [0.05, 0.1) is 5.00 Å². The SMILES string of the molecule is O=C(O)/C=C1/CCCc2sc(NC(=O)C(=O)O)cc21. The van der Waals surface area contributed by atoms with Gasteiger partial charge in [0.25, 0.3) is 0 Å². The summed E-state index contributed by atoms with van der Waals surface area (Å²) in [6.45, 7) is 0. The van der Waals surface area contributed by atoms with Gasteiger partial charge in [0.2, 0.25) is 0 Å². The zero-order chi connectivity index (χ0) is 14.0. The Morgan fingerprint density at radius 1 is 1.26 bits per heavy atom. The van der Waals surface area contributed by atoms with Crippen LogP contribution < -0.4 is 5.32 Å². The van der Waals surface area contributed by atoms with Gasteiger partial charge in [0.15, 0.2) is 0 Å². The number of hydrogen-bond donors (Lipinski definition) is 3. The first-order chi connectivity index (χ1) is 8.97. The van der Waals surface area contributed by atoms with Gasteiger partial charge in [-0.05, 0) is 36.5 Å². The number of nitrogens with one attached hydrogen (secondary N) is 1. The predicted octanol–water partition coefficient (Wildman–Crippen LogP) is 1.58. The lowest BCUT2D eigenvalue weighted by Crippen LogP contribution is -2.21. The molecule has 100 valence electrons. The molecule has 1 aliphatic rings. The molecule has 1 aliphatic carbocycles. The third kappa shape index (κ3) is 3.00. The van der Waals surface area contributed by atoms with Gasteiger partial charge in [-0.15, -0.1) is 11.3 Å². The van der Waals surface area contributed by atoms with Crippen molar-refractivity contribution in [1.29, 1.82) is 0 Å². The fraction of sp³-hybridized carbons (Fsp3) is 0.250. The van der Waals surface area contributed by atoms with Crippen LogP contribution in [0.1, 0.15) is 23.3 Å². The Kier molecular flexibility index (Phi) is 3.66. The molecule has 1 aromatic heterocycles. The summed E-state index contributed by atoms with van der Waals surface area (Å²) in [7, 11) is 0. The van der Waals surface area contributed by atoms with E-state index in [2.05, 4.69) is 5.32 Å². The molecule has 0 bridgehead atoms. The average Bonchev–Trinajstić information content (AvgIpc) is 2.71. The number of aryl methyl sites for hydroxylation is 1. The summed E-state index contributed by atoms with van der Waals surface area (Å²) in [6, 6.07) is 1.63. The molecule has 6 nitrogen and oxygen atoms in total. The number of anilines is 1. The summed E-state index contributed by atoms with van der Waals surface area (Å²) in [4.78, 5) is 33.2. The van der Waals surface area contributed by atoms with Crippen molar-refractivity contribution in [3.05, 3.63) is 22.6 Å². The molecule has 0 spiro atoms. The van der Waals surface area contributed by atoms with Crippen LogP contribution >= 0.6 is 11.3 Å². The molecule has 0 saturated carbocycles. The van der Waals surface area contributed by atoms with Crippen molar-refractivity contribution in [2.24, 2.45) is 0 Å². The van der Waals surface area contributed by atoms with Gasteiger partial charge in [0, 0.05) is 11.0 Å². The zero-order valence-electron chi connectivity index (χ0n) is 9.80. The molecule has 1 aromatic rings. The number of hydrogen-bond acceptors (Lipinski definition) is 4. The second kappa shape index (κ2) is 5.23. The lowest BCUT2D eigenvalue weighted by Gasteiger charge is -2.13. The number of rotatable bonds is 2. The number of amides is 1. The Bertz CT molecular complexity index is 587. The van der Waals surface area contributed by atoms with Crippen molar-refractivity contribution < 1.29 is 24.6 Å². The Hall–Kier alpha value is -2.15. The number of carboxylic acids is 2.